The quantitative estimate of drug-likeness (QED) is 0.386. The lowest BCUT2D eigenvalue weighted by atomic mass is 10.0. The molecule has 1 N–H and O–H groups in total. The average molecular weight is 435 g/mol. The summed E-state index contributed by atoms with van der Waals surface area (Å²) in [7, 11) is 0. The summed E-state index contributed by atoms with van der Waals surface area (Å²) in [4.78, 5) is 23.9. The van der Waals surface area contributed by atoms with Crippen molar-refractivity contribution in [2.24, 2.45) is 11.0 Å². The highest BCUT2D eigenvalue weighted by molar-refractivity contribution is 9.10. The Kier molecular flexibility index (Phi) is 7.79. The predicted octanol–water partition coefficient (Wildman–Crippen LogP) is 4.06. The highest BCUT2D eigenvalue weighted by Gasteiger charge is 2.21. The van der Waals surface area contributed by atoms with Crippen molar-refractivity contribution < 1.29 is 19.1 Å². The van der Waals surface area contributed by atoms with Crippen LogP contribution >= 0.6 is 15.9 Å². The number of nitrogens with one attached hydrogen (secondary N) is 1. The lowest BCUT2D eigenvalue weighted by molar-refractivity contribution is -0.145. The normalized spacial score (nSPS) is 12.5. The molecule has 0 saturated heterocycles. The van der Waals surface area contributed by atoms with Crippen LogP contribution in [0.4, 0.5) is 0 Å². The first-order valence-electron chi connectivity index (χ1n) is 8.77. The van der Waals surface area contributed by atoms with Gasteiger partial charge in [0.1, 0.15) is 5.75 Å². The Hall–Kier alpha value is -2.41. The molecule has 0 aromatic heterocycles. The Balaban J connectivity index is 1.96. The maximum Gasteiger partial charge on any atom is 0.314 e. The molecular weight excluding hydrogens is 412 g/mol. The molecule has 1 amide bonds. The molecule has 0 bridgehead atoms. The molecule has 0 fully saturated rings. The van der Waals surface area contributed by atoms with Crippen LogP contribution in [0.5, 0.6) is 5.75 Å². The van der Waals surface area contributed by atoms with Gasteiger partial charge < -0.3 is 9.47 Å². The summed E-state index contributed by atoms with van der Waals surface area (Å²) in [6.45, 7) is 5.42. The second-order valence-electron chi connectivity index (χ2n) is 5.89. The van der Waals surface area contributed by atoms with E-state index in [1.54, 1.807) is 13.8 Å². The molecule has 1 atom stereocenters. The molecule has 1 unspecified atom stereocenters. The number of hydrazone groups is 1. The van der Waals surface area contributed by atoms with Crippen molar-refractivity contribution in [2.45, 2.75) is 27.2 Å². The van der Waals surface area contributed by atoms with Gasteiger partial charge in [-0.05, 0) is 53.0 Å². The van der Waals surface area contributed by atoms with E-state index < -0.39 is 11.8 Å². The van der Waals surface area contributed by atoms with Crippen LogP contribution in [0.25, 0.3) is 10.8 Å². The maximum absolute atomic E-state index is 12.0. The molecule has 2 rings (SSSR count). The Morgan fingerprint density at radius 3 is 2.63 bits per heavy atom. The first kappa shape index (κ1) is 20.9. The van der Waals surface area contributed by atoms with Crippen LogP contribution in [-0.2, 0) is 14.3 Å². The minimum Gasteiger partial charge on any atom is -0.483 e. The molecule has 0 radical (unpaired) electrons. The third kappa shape index (κ3) is 5.53. The summed E-state index contributed by atoms with van der Waals surface area (Å²) in [5.41, 5.74) is 2.92. The number of nitrogens with zero attached hydrogens (tertiary/aromatic N) is 1. The Morgan fingerprint density at radius 1 is 1.19 bits per heavy atom. The molecule has 2 aromatic carbocycles. The van der Waals surface area contributed by atoms with Crippen molar-refractivity contribution in [1.29, 1.82) is 0 Å². The van der Waals surface area contributed by atoms with Gasteiger partial charge >= 0.3 is 5.97 Å². The van der Waals surface area contributed by atoms with Gasteiger partial charge in [0.2, 0.25) is 0 Å². The van der Waals surface area contributed by atoms with Crippen LogP contribution in [-0.4, -0.2) is 30.8 Å². The van der Waals surface area contributed by atoms with Gasteiger partial charge in [-0.1, -0.05) is 37.3 Å². The van der Waals surface area contributed by atoms with Crippen LogP contribution in [0.3, 0.4) is 0 Å². The second kappa shape index (κ2) is 10.1. The fraction of sp³-hybridized carbons (Fsp3) is 0.350. The summed E-state index contributed by atoms with van der Waals surface area (Å²) in [6, 6.07) is 11.6. The van der Waals surface area contributed by atoms with Crippen LogP contribution in [0, 0.1) is 5.92 Å². The van der Waals surface area contributed by atoms with E-state index in [2.05, 4.69) is 26.5 Å². The number of hydrogen-bond donors (Lipinski definition) is 1. The van der Waals surface area contributed by atoms with E-state index >= 15 is 0 Å². The summed E-state index contributed by atoms with van der Waals surface area (Å²) < 4.78 is 11.4. The van der Waals surface area contributed by atoms with Crippen LogP contribution in [0.2, 0.25) is 0 Å². The summed E-state index contributed by atoms with van der Waals surface area (Å²) in [5, 5.41) is 6.09. The zero-order chi connectivity index (χ0) is 19.8. The largest absolute Gasteiger partial charge is 0.483 e. The van der Waals surface area contributed by atoms with Gasteiger partial charge in [0, 0.05) is 5.71 Å². The summed E-state index contributed by atoms with van der Waals surface area (Å²) in [6.07, 6.45) is 0.546. The number of halogens is 1. The number of fused-ring (bicyclic) bond motifs is 1. The van der Waals surface area contributed by atoms with Gasteiger partial charge in [0.05, 0.1) is 17.0 Å². The maximum atomic E-state index is 12.0. The number of benzene rings is 2. The van der Waals surface area contributed by atoms with Gasteiger partial charge in [-0.3, -0.25) is 9.59 Å². The molecule has 27 heavy (non-hydrogen) atoms. The average Bonchev–Trinajstić information content (AvgIpc) is 2.67. The first-order valence-corrected chi connectivity index (χ1v) is 9.56. The molecule has 0 heterocycles. The molecule has 0 saturated carbocycles. The standard InChI is InChI=1S/C20H23BrN2O4/c1-4-15(20(25)26-5-2)13(3)22-23-18(24)12-27-17-11-10-14-8-6-7-9-16(14)19(17)21/h6-11,15H,4-5,12H2,1-3H3,(H,23,24)/b22-13+. The van der Waals surface area contributed by atoms with Crippen molar-refractivity contribution >= 4 is 44.3 Å². The molecule has 0 aliphatic rings. The highest BCUT2D eigenvalue weighted by Crippen LogP contribution is 2.32. The zero-order valence-corrected chi connectivity index (χ0v) is 17.2. The summed E-state index contributed by atoms with van der Waals surface area (Å²) in [5.74, 6) is -0.650. The van der Waals surface area contributed by atoms with E-state index in [1.165, 1.54) is 0 Å². The number of rotatable bonds is 8. The molecule has 144 valence electrons. The molecular formula is C20H23BrN2O4. The molecule has 7 heteroatoms. The van der Waals surface area contributed by atoms with E-state index in [9.17, 15) is 9.59 Å². The van der Waals surface area contributed by atoms with Gasteiger partial charge in [-0.25, -0.2) is 5.43 Å². The van der Waals surface area contributed by atoms with Crippen molar-refractivity contribution in [2.75, 3.05) is 13.2 Å². The number of carbonyl (C=O) groups excluding carboxylic acids is 2. The number of amides is 1. The van der Waals surface area contributed by atoms with Crippen LogP contribution in [0.1, 0.15) is 27.2 Å². The zero-order valence-electron chi connectivity index (χ0n) is 15.6. The van der Waals surface area contributed by atoms with Crippen molar-refractivity contribution in [3.05, 3.63) is 40.9 Å². The third-order valence-electron chi connectivity index (χ3n) is 4.03. The highest BCUT2D eigenvalue weighted by atomic mass is 79.9. The van der Waals surface area contributed by atoms with E-state index in [-0.39, 0.29) is 12.6 Å². The van der Waals surface area contributed by atoms with Gasteiger partial charge in [-0.2, -0.15) is 5.10 Å². The van der Waals surface area contributed by atoms with E-state index in [4.69, 9.17) is 9.47 Å². The fourth-order valence-corrected chi connectivity index (χ4v) is 3.21. The predicted molar refractivity (Wildman–Crippen MR) is 109 cm³/mol. The lowest BCUT2D eigenvalue weighted by Crippen LogP contribution is -2.29. The van der Waals surface area contributed by atoms with Crippen LogP contribution < -0.4 is 10.2 Å². The second-order valence-corrected chi connectivity index (χ2v) is 6.68. The smallest absolute Gasteiger partial charge is 0.314 e. The molecule has 0 aliphatic carbocycles. The monoisotopic (exact) mass is 434 g/mol. The lowest BCUT2D eigenvalue weighted by Gasteiger charge is -2.13. The van der Waals surface area contributed by atoms with Crippen molar-refractivity contribution in [3.63, 3.8) is 0 Å². The summed E-state index contributed by atoms with van der Waals surface area (Å²) >= 11 is 3.52. The molecule has 2 aromatic rings. The van der Waals surface area contributed by atoms with Gasteiger partial charge in [0.15, 0.2) is 6.61 Å². The SMILES string of the molecule is CCOC(=O)C(CC)/C(C)=N/NC(=O)COc1ccc2ccccc2c1Br. The number of carbonyl (C=O) groups is 2. The van der Waals surface area contributed by atoms with E-state index in [0.717, 1.165) is 15.2 Å². The van der Waals surface area contributed by atoms with Gasteiger partial charge in [0.25, 0.3) is 5.91 Å². The minimum atomic E-state index is -0.471. The molecule has 6 nitrogen and oxygen atoms in total. The third-order valence-corrected chi connectivity index (χ3v) is 4.85. The Labute approximate surface area is 167 Å². The minimum absolute atomic E-state index is 0.191. The Bertz CT molecular complexity index is 851. The Morgan fingerprint density at radius 2 is 1.93 bits per heavy atom. The molecule has 0 spiro atoms. The van der Waals surface area contributed by atoms with Gasteiger partial charge in [-0.15, -0.1) is 0 Å². The first-order chi connectivity index (χ1) is 13.0. The number of hydrogen-bond acceptors (Lipinski definition) is 5. The number of esters is 1. The number of ether oxygens (including phenoxy) is 2. The molecule has 0 aliphatic heterocycles. The fourth-order valence-electron chi connectivity index (χ4n) is 2.60. The van der Waals surface area contributed by atoms with E-state index in [1.807, 2.05) is 43.3 Å². The topological polar surface area (TPSA) is 77.0 Å². The van der Waals surface area contributed by atoms with Crippen LogP contribution in [0.15, 0.2) is 46.0 Å². The van der Waals surface area contributed by atoms with E-state index in [0.29, 0.717) is 24.5 Å². The van der Waals surface area contributed by atoms with Crippen molar-refractivity contribution in [1.82, 2.24) is 5.43 Å². The van der Waals surface area contributed by atoms with Crippen molar-refractivity contribution in [3.8, 4) is 5.75 Å².